The lowest BCUT2D eigenvalue weighted by Crippen LogP contribution is -2.50. The predicted octanol–water partition coefficient (Wildman–Crippen LogP) is 5.20. The first-order chi connectivity index (χ1) is 12.6. The first-order valence-electron chi connectivity index (χ1n) is 9.86. The van der Waals surface area contributed by atoms with Gasteiger partial charge in [-0.2, -0.15) is 24.4 Å². The van der Waals surface area contributed by atoms with Gasteiger partial charge in [0.1, 0.15) is 5.82 Å². The van der Waals surface area contributed by atoms with Crippen LogP contribution in [0.25, 0.3) is 0 Å². The summed E-state index contributed by atoms with van der Waals surface area (Å²) in [7, 11) is 0. The number of fused-ring (bicyclic) bond motifs is 1. The van der Waals surface area contributed by atoms with E-state index in [0.29, 0.717) is 17.2 Å². The van der Waals surface area contributed by atoms with Gasteiger partial charge >= 0.3 is 0 Å². The second-order valence-electron chi connectivity index (χ2n) is 7.81. The third-order valence-corrected chi connectivity index (χ3v) is 9.06. The molecule has 0 bridgehead atoms. The normalized spacial score (nSPS) is 37.3. The molecule has 1 aliphatic carbocycles. The van der Waals surface area contributed by atoms with Gasteiger partial charge in [-0.05, 0) is 59.9 Å². The fourth-order valence-corrected chi connectivity index (χ4v) is 7.50. The van der Waals surface area contributed by atoms with Crippen molar-refractivity contribution in [2.45, 2.75) is 37.3 Å². The van der Waals surface area contributed by atoms with Crippen molar-refractivity contribution in [1.82, 2.24) is 9.21 Å². The number of allylic oxidation sites excluding steroid dienone is 5. The van der Waals surface area contributed by atoms with Crippen LogP contribution in [-0.4, -0.2) is 44.4 Å². The molecule has 0 aromatic carbocycles. The molecule has 2 nitrogen and oxygen atoms in total. The van der Waals surface area contributed by atoms with Crippen molar-refractivity contribution < 1.29 is 0 Å². The van der Waals surface area contributed by atoms with Gasteiger partial charge in [0.25, 0.3) is 0 Å². The molecule has 2 fully saturated rings. The third-order valence-electron chi connectivity index (χ3n) is 6.05. The van der Waals surface area contributed by atoms with Crippen LogP contribution in [0.2, 0.25) is 0 Å². The number of thioether (sulfide) groups is 1. The van der Waals surface area contributed by atoms with Crippen molar-refractivity contribution in [2.24, 2.45) is 17.8 Å². The molecule has 3 aliphatic heterocycles. The lowest BCUT2D eigenvalue weighted by atomic mass is 9.83. The number of hydrogen-bond donors (Lipinski definition) is 1. The largest absolute Gasteiger partial charge is 0.345 e. The zero-order valence-electron chi connectivity index (χ0n) is 15.8. The molecule has 0 amide bonds. The Morgan fingerprint density at radius 1 is 1.19 bits per heavy atom. The van der Waals surface area contributed by atoms with E-state index in [1.807, 2.05) is 11.9 Å². The second-order valence-corrected chi connectivity index (χ2v) is 10.9. The summed E-state index contributed by atoms with van der Waals surface area (Å²) in [6.45, 7) is 6.75. The molecule has 0 spiro atoms. The molecule has 2 saturated heterocycles. The smallest absolute Gasteiger partial charge is 0.111 e. The minimum Gasteiger partial charge on any atom is -0.345 e. The summed E-state index contributed by atoms with van der Waals surface area (Å²) in [5, 5.41) is 1.15. The molecule has 0 aromatic rings. The van der Waals surface area contributed by atoms with Gasteiger partial charge in [0, 0.05) is 17.5 Å². The second kappa shape index (κ2) is 8.32. The highest BCUT2D eigenvalue weighted by atomic mass is 32.2. The summed E-state index contributed by atoms with van der Waals surface area (Å²) < 4.78 is 2.50. The molecular formula is C21H30N2S3. The molecule has 5 heteroatoms. The molecule has 4 aliphatic rings. The lowest BCUT2D eigenvalue weighted by molar-refractivity contribution is 0.160. The van der Waals surface area contributed by atoms with E-state index in [2.05, 4.69) is 71.3 Å². The molecule has 3 heterocycles. The first-order valence-corrected chi connectivity index (χ1v) is 12.4. The zero-order chi connectivity index (χ0) is 18.1. The first kappa shape index (κ1) is 18.9. The average Bonchev–Trinajstić information content (AvgIpc) is 2.95. The van der Waals surface area contributed by atoms with Gasteiger partial charge in [-0.15, -0.1) is 0 Å². The van der Waals surface area contributed by atoms with Crippen LogP contribution in [-0.2, 0) is 0 Å². The van der Waals surface area contributed by atoms with Crippen LogP contribution in [0.4, 0.5) is 0 Å². The van der Waals surface area contributed by atoms with Crippen molar-refractivity contribution in [3.05, 3.63) is 47.9 Å². The quantitative estimate of drug-likeness (QED) is 0.508. The number of nitrogens with zero attached hydrogens (tertiary/aromatic N) is 2. The maximum absolute atomic E-state index is 5.13. The summed E-state index contributed by atoms with van der Waals surface area (Å²) in [5.41, 5.74) is 1.39. The highest BCUT2D eigenvalue weighted by Crippen LogP contribution is 2.46. The van der Waals surface area contributed by atoms with E-state index in [4.69, 9.17) is 12.6 Å². The molecule has 5 unspecified atom stereocenters. The number of rotatable bonds is 3. The summed E-state index contributed by atoms with van der Waals surface area (Å²) in [6, 6.07) is 0. The Labute approximate surface area is 172 Å². The molecule has 0 saturated carbocycles. The van der Waals surface area contributed by atoms with Crippen LogP contribution in [0.5, 0.6) is 0 Å². The van der Waals surface area contributed by atoms with Crippen LogP contribution in [0.1, 0.15) is 26.7 Å². The van der Waals surface area contributed by atoms with Gasteiger partial charge in [-0.1, -0.05) is 44.2 Å². The Kier molecular flexibility index (Phi) is 6.06. The highest BCUT2D eigenvalue weighted by Gasteiger charge is 2.41. The highest BCUT2D eigenvalue weighted by molar-refractivity contribution is 8.00. The van der Waals surface area contributed by atoms with Crippen molar-refractivity contribution in [1.29, 1.82) is 0 Å². The van der Waals surface area contributed by atoms with Gasteiger partial charge in [-0.25, -0.2) is 0 Å². The summed E-state index contributed by atoms with van der Waals surface area (Å²) >= 11 is 9.25. The summed E-state index contributed by atoms with van der Waals surface area (Å²) in [6.07, 6.45) is 16.4. The van der Waals surface area contributed by atoms with Crippen LogP contribution in [0.3, 0.4) is 0 Å². The standard InChI is InChI=1S/C21H30N2S3/c1-15-4-3-5-17(7-6-15)14-23-20-9-8-19(18-10-12-25-16(18)2)21(24)22(20)11-13-26-23/h3-7,9,15-16,18-19,21,24H,8,10-14H2,1-2H3. The van der Waals surface area contributed by atoms with E-state index < -0.39 is 0 Å². The van der Waals surface area contributed by atoms with Crippen molar-refractivity contribution in [3.63, 3.8) is 0 Å². The molecule has 26 heavy (non-hydrogen) atoms. The van der Waals surface area contributed by atoms with Gasteiger partial charge in [0.05, 0.1) is 11.9 Å². The molecular weight excluding hydrogens is 376 g/mol. The Bertz CT molecular complexity index is 639. The fraction of sp³-hybridized carbons (Fsp3) is 0.619. The lowest BCUT2D eigenvalue weighted by Gasteiger charge is -2.49. The van der Waals surface area contributed by atoms with E-state index in [-0.39, 0.29) is 0 Å². The van der Waals surface area contributed by atoms with E-state index in [9.17, 15) is 0 Å². The minimum absolute atomic E-state index is 0.364. The maximum Gasteiger partial charge on any atom is 0.111 e. The zero-order valence-corrected chi connectivity index (χ0v) is 18.3. The van der Waals surface area contributed by atoms with Crippen LogP contribution in [0, 0.1) is 17.8 Å². The summed E-state index contributed by atoms with van der Waals surface area (Å²) in [4.78, 5) is 2.57. The Hall–Kier alpha value is -0.390. The molecule has 0 aromatic heterocycles. The van der Waals surface area contributed by atoms with Crippen LogP contribution in [0.15, 0.2) is 47.9 Å². The molecule has 4 rings (SSSR count). The molecule has 5 atom stereocenters. The van der Waals surface area contributed by atoms with Crippen molar-refractivity contribution in [2.75, 3.05) is 24.6 Å². The van der Waals surface area contributed by atoms with E-state index in [1.165, 1.54) is 30.0 Å². The fourth-order valence-electron chi connectivity index (χ4n) is 4.51. The van der Waals surface area contributed by atoms with Gasteiger partial charge in [0.2, 0.25) is 0 Å². The number of thiol groups is 1. The van der Waals surface area contributed by atoms with Gasteiger partial charge in [0.15, 0.2) is 0 Å². The van der Waals surface area contributed by atoms with E-state index >= 15 is 0 Å². The monoisotopic (exact) mass is 406 g/mol. The third kappa shape index (κ3) is 3.90. The summed E-state index contributed by atoms with van der Waals surface area (Å²) in [5.74, 6) is 5.91. The van der Waals surface area contributed by atoms with Gasteiger partial charge in [-0.3, -0.25) is 4.31 Å². The van der Waals surface area contributed by atoms with Gasteiger partial charge < -0.3 is 4.90 Å². The van der Waals surface area contributed by atoms with Crippen molar-refractivity contribution in [3.8, 4) is 0 Å². The van der Waals surface area contributed by atoms with E-state index in [0.717, 1.165) is 30.0 Å². The van der Waals surface area contributed by atoms with Crippen molar-refractivity contribution >= 4 is 36.3 Å². The predicted molar refractivity (Wildman–Crippen MR) is 120 cm³/mol. The topological polar surface area (TPSA) is 6.48 Å². The Morgan fingerprint density at radius 2 is 2.08 bits per heavy atom. The van der Waals surface area contributed by atoms with Crippen LogP contribution >= 0.6 is 36.3 Å². The van der Waals surface area contributed by atoms with E-state index in [1.54, 1.807) is 0 Å². The minimum atomic E-state index is 0.364. The molecule has 0 N–H and O–H groups in total. The van der Waals surface area contributed by atoms with Crippen LogP contribution < -0.4 is 0 Å². The SMILES string of the molecule is CC1C=CC=C(CN2SCCN3C2=CCC(C2CCSC2C)C3S)C=C1. The molecule has 0 radical (unpaired) electrons. The average molecular weight is 407 g/mol. The Balaban J connectivity index is 1.49. The molecule has 142 valence electrons. The Morgan fingerprint density at radius 3 is 2.88 bits per heavy atom. The maximum atomic E-state index is 5.13. The number of hydrogen-bond acceptors (Lipinski definition) is 5.